The van der Waals surface area contributed by atoms with Gasteiger partial charge < -0.3 is 10.2 Å². The van der Waals surface area contributed by atoms with E-state index >= 15 is 0 Å². The number of rotatable bonds is 8. The molecule has 3 aromatic rings. The molecule has 6 heteroatoms. The standard InChI is InChI=1S/C28H32N4O2/c1-30(21-27(33)29-26-15-9-8-14-25(26)24-12-6-3-7-13-24)22-28(34)32-18-16-31(17-19-32)20-23-10-4-2-5-11-23/h2-15H,16-22H2,1H3,(H,29,33). The lowest BCUT2D eigenvalue weighted by Crippen LogP contribution is -2.51. The molecule has 0 spiro atoms. The van der Waals surface area contributed by atoms with Crippen molar-refractivity contribution in [2.75, 3.05) is 51.6 Å². The first kappa shape index (κ1) is 23.7. The van der Waals surface area contributed by atoms with Crippen LogP contribution in [-0.2, 0) is 16.1 Å². The molecule has 3 aromatic carbocycles. The van der Waals surface area contributed by atoms with Crippen LogP contribution in [0.15, 0.2) is 84.9 Å². The van der Waals surface area contributed by atoms with Crippen LogP contribution in [-0.4, -0.2) is 72.8 Å². The molecule has 0 radical (unpaired) electrons. The molecule has 1 fully saturated rings. The van der Waals surface area contributed by atoms with Gasteiger partial charge in [-0.05, 0) is 24.2 Å². The molecule has 1 aliphatic rings. The van der Waals surface area contributed by atoms with Gasteiger partial charge in [0.1, 0.15) is 0 Å². The smallest absolute Gasteiger partial charge is 0.238 e. The number of nitrogens with zero attached hydrogens (tertiary/aromatic N) is 3. The summed E-state index contributed by atoms with van der Waals surface area (Å²) in [6, 6.07) is 28.2. The van der Waals surface area contributed by atoms with Crippen molar-refractivity contribution >= 4 is 17.5 Å². The maximum atomic E-state index is 12.8. The van der Waals surface area contributed by atoms with E-state index in [1.165, 1.54) is 5.56 Å². The molecular formula is C28H32N4O2. The first-order valence-electron chi connectivity index (χ1n) is 11.8. The molecule has 0 aromatic heterocycles. The molecule has 4 rings (SSSR count). The Balaban J connectivity index is 1.24. The van der Waals surface area contributed by atoms with E-state index < -0.39 is 0 Å². The minimum Gasteiger partial charge on any atom is -0.339 e. The quantitative estimate of drug-likeness (QED) is 0.563. The van der Waals surface area contributed by atoms with Crippen LogP contribution >= 0.6 is 0 Å². The van der Waals surface area contributed by atoms with E-state index in [9.17, 15) is 9.59 Å². The zero-order valence-corrected chi connectivity index (χ0v) is 19.7. The van der Waals surface area contributed by atoms with E-state index in [4.69, 9.17) is 0 Å². The van der Waals surface area contributed by atoms with E-state index in [-0.39, 0.29) is 24.9 Å². The number of carbonyl (C=O) groups excluding carboxylic acids is 2. The monoisotopic (exact) mass is 456 g/mol. The number of nitrogens with one attached hydrogen (secondary N) is 1. The van der Waals surface area contributed by atoms with Crippen molar-refractivity contribution in [1.29, 1.82) is 0 Å². The maximum Gasteiger partial charge on any atom is 0.238 e. The summed E-state index contributed by atoms with van der Waals surface area (Å²) in [4.78, 5) is 31.5. The molecule has 176 valence electrons. The van der Waals surface area contributed by atoms with Crippen LogP contribution in [0.1, 0.15) is 5.56 Å². The number of anilines is 1. The molecule has 1 heterocycles. The van der Waals surface area contributed by atoms with Crippen LogP contribution in [0, 0.1) is 0 Å². The Morgan fingerprint density at radius 2 is 1.41 bits per heavy atom. The molecule has 1 aliphatic heterocycles. The van der Waals surface area contributed by atoms with E-state index in [1.807, 2.05) is 72.6 Å². The molecular weight excluding hydrogens is 424 g/mol. The van der Waals surface area contributed by atoms with Crippen molar-refractivity contribution in [3.8, 4) is 11.1 Å². The Labute approximate surface area is 201 Å². The van der Waals surface area contributed by atoms with Crippen molar-refractivity contribution in [2.24, 2.45) is 0 Å². The molecule has 6 nitrogen and oxygen atoms in total. The van der Waals surface area contributed by atoms with Crippen LogP contribution in [0.2, 0.25) is 0 Å². The van der Waals surface area contributed by atoms with Gasteiger partial charge in [0, 0.05) is 44.0 Å². The predicted octanol–water partition coefficient (Wildman–Crippen LogP) is 3.57. The van der Waals surface area contributed by atoms with Gasteiger partial charge in [-0.15, -0.1) is 0 Å². The van der Waals surface area contributed by atoms with Crippen LogP contribution < -0.4 is 5.32 Å². The Bertz CT molecular complexity index is 1080. The van der Waals surface area contributed by atoms with Gasteiger partial charge in [0.05, 0.1) is 13.1 Å². The van der Waals surface area contributed by atoms with Crippen LogP contribution in [0.5, 0.6) is 0 Å². The SMILES string of the molecule is CN(CC(=O)Nc1ccccc1-c1ccccc1)CC(=O)N1CCN(Cc2ccccc2)CC1. The van der Waals surface area contributed by atoms with Gasteiger partial charge in [0.2, 0.25) is 11.8 Å². The molecule has 0 aliphatic carbocycles. The number of benzene rings is 3. The van der Waals surface area contributed by atoms with Crippen LogP contribution in [0.25, 0.3) is 11.1 Å². The summed E-state index contributed by atoms with van der Waals surface area (Å²) in [5.41, 5.74) is 4.09. The van der Waals surface area contributed by atoms with Gasteiger partial charge in [-0.3, -0.25) is 19.4 Å². The normalized spacial score (nSPS) is 14.2. The first-order chi connectivity index (χ1) is 16.6. The van der Waals surface area contributed by atoms with Crippen LogP contribution in [0.3, 0.4) is 0 Å². The summed E-state index contributed by atoms with van der Waals surface area (Å²) >= 11 is 0. The minimum atomic E-state index is -0.133. The summed E-state index contributed by atoms with van der Waals surface area (Å²) in [5.74, 6) is -0.0642. The fourth-order valence-electron chi connectivity index (χ4n) is 4.28. The Morgan fingerprint density at radius 3 is 2.12 bits per heavy atom. The summed E-state index contributed by atoms with van der Waals surface area (Å²) in [5, 5.41) is 3.01. The van der Waals surface area contributed by atoms with E-state index in [0.29, 0.717) is 0 Å². The number of likely N-dealkylation sites (N-methyl/N-ethyl adjacent to an activating group) is 1. The van der Waals surface area contributed by atoms with E-state index in [1.54, 1.807) is 4.90 Å². The highest BCUT2D eigenvalue weighted by molar-refractivity contribution is 5.96. The zero-order chi connectivity index (χ0) is 23.8. The number of carbonyl (C=O) groups is 2. The van der Waals surface area contributed by atoms with Gasteiger partial charge in [-0.25, -0.2) is 0 Å². The molecule has 0 bridgehead atoms. The van der Waals surface area contributed by atoms with Crippen molar-refractivity contribution < 1.29 is 9.59 Å². The summed E-state index contributed by atoms with van der Waals surface area (Å²) in [6.45, 7) is 4.46. The van der Waals surface area contributed by atoms with Gasteiger partial charge in [-0.2, -0.15) is 0 Å². The number of para-hydroxylation sites is 1. The van der Waals surface area contributed by atoms with Crippen LogP contribution in [0.4, 0.5) is 5.69 Å². The highest BCUT2D eigenvalue weighted by Crippen LogP contribution is 2.27. The molecule has 1 saturated heterocycles. The van der Waals surface area contributed by atoms with Gasteiger partial charge in [0.15, 0.2) is 0 Å². The predicted molar refractivity (Wildman–Crippen MR) is 136 cm³/mol. The lowest BCUT2D eigenvalue weighted by molar-refractivity contribution is -0.134. The molecule has 0 unspecified atom stereocenters. The zero-order valence-electron chi connectivity index (χ0n) is 19.7. The van der Waals surface area contributed by atoms with E-state index in [0.717, 1.165) is 49.5 Å². The lowest BCUT2D eigenvalue weighted by atomic mass is 10.0. The summed E-state index contributed by atoms with van der Waals surface area (Å²) in [6.07, 6.45) is 0. The van der Waals surface area contributed by atoms with Crippen molar-refractivity contribution in [2.45, 2.75) is 6.54 Å². The largest absolute Gasteiger partial charge is 0.339 e. The number of piperazine rings is 1. The highest BCUT2D eigenvalue weighted by Gasteiger charge is 2.22. The van der Waals surface area contributed by atoms with Crippen molar-refractivity contribution in [3.05, 3.63) is 90.5 Å². The summed E-state index contributed by atoms with van der Waals surface area (Å²) < 4.78 is 0. The first-order valence-corrected chi connectivity index (χ1v) is 11.8. The average molecular weight is 457 g/mol. The lowest BCUT2D eigenvalue weighted by Gasteiger charge is -2.35. The van der Waals surface area contributed by atoms with Crippen molar-refractivity contribution in [1.82, 2.24) is 14.7 Å². The van der Waals surface area contributed by atoms with Gasteiger partial charge >= 0.3 is 0 Å². The molecule has 0 saturated carbocycles. The Kier molecular flexibility index (Phi) is 8.07. The molecule has 0 atom stereocenters. The number of amides is 2. The third kappa shape index (κ3) is 6.53. The maximum absolute atomic E-state index is 12.8. The van der Waals surface area contributed by atoms with Crippen molar-refractivity contribution in [3.63, 3.8) is 0 Å². The second-order valence-electron chi connectivity index (χ2n) is 8.77. The summed E-state index contributed by atoms with van der Waals surface area (Å²) in [7, 11) is 1.81. The number of hydrogen-bond acceptors (Lipinski definition) is 4. The fourth-order valence-corrected chi connectivity index (χ4v) is 4.28. The highest BCUT2D eigenvalue weighted by atomic mass is 16.2. The average Bonchev–Trinajstić information content (AvgIpc) is 2.86. The molecule has 2 amide bonds. The fraction of sp³-hybridized carbons (Fsp3) is 0.286. The van der Waals surface area contributed by atoms with E-state index in [2.05, 4.69) is 34.5 Å². The van der Waals surface area contributed by atoms with Gasteiger partial charge in [0.25, 0.3) is 0 Å². The number of hydrogen-bond donors (Lipinski definition) is 1. The van der Waals surface area contributed by atoms with Gasteiger partial charge in [-0.1, -0.05) is 78.9 Å². The Morgan fingerprint density at radius 1 is 0.794 bits per heavy atom. The minimum absolute atomic E-state index is 0.0688. The third-order valence-corrected chi connectivity index (χ3v) is 6.08. The second-order valence-corrected chi connectivity index (χ2v) is 8.77. The third-order valence-electron chi connectivity index (χ3n) is 6.08. The topological polar surface area (TPSA) is 55.9 Å². The Hall–Kier alpha value is -3.48. The second kappa shape index (κ2) is 11.6. The molecule has 34 heavy (non-hydrogen) atoms. The molecule has 1 N–H and O–H groups in total.